The number of thiophene rings is 1. The number of benzene rings is 1. The third-order valence-corrected chi connectivity index (χ3v) is 6.18. The van der Waals surface area contributed by atoms with Crippen LogP contribution >= 0.6 is 22.9 Å². The van der Waals surface area contributed by atoms with E-state index < -0.39 is 0 Å². The van der Waals surface area contributed by atoms with Gasteiger partial charge in [-0.15, -0.1) is 11.3 Å². The second kappa shape index (κ2) is 9.00. The lowest BCUT2D eigenvalue weighted by Gasteiger charge is -2.41. The molecule has 6 heteroatoms. The first-order chi connectivity index (χ1) is 12.6. The summed E-state index contributed by atoms with van der Waals surface area (Å²) in [6.45, 7) is 9.60. The van der Waals surface area contributed by atoms with Gasteiger partial charge in [-0.3, -0.25) is 9.69 Å². The Morgan fingerprint density at radius 3 is 2.62 bits per heavy atom. The van der Waals surface area contributed by atoms with E-state index in [0.29, 0.717) is 10.6 Å². The van der Waals surface area contributed by atoms with Gasteiger partial charge in [0.15, 0.2) is 0 Å². The largest absolute Gasteiger partial charge is 0.348 e. The summed E-state index contributed by atoms with van der Waals surface area (Å²) in [7, 11) is 0. The lowest BCUT2D eigenvalue weighted by Crippen LogP contribution is -2.52. The van der Waals surface area contributed by atoms with E-state index in [-0.39, 0.29) is 18.0 Å². The molecule has 1 amide bonds. The number of likely N-dealkylation sites (N-methyl/N-ethyl adjacent to an activating group) is 1. The molecule has 0 saturated carbocycles. The van der Waals surface area contributed by atoms with E-state index in [9.17, 15) is 4.79 Å². The highest BCUT2D eigenvalue weighted by molar-refractivity contribution is 7.10. The quantitative estimate of drug-likeness (QED) is 0.811. The highest BCUT2D eigenvalue weighted by Crippen LogP contribution is 2.29. The van der Waals surface area contributed by atoms with Gasteiger partial charge in [0.25, 0.3) is 5.91 Å². The first kappa shape index (κ1) is 19.4. The Morgan fingerprint density at radius 2 is 2.00 bits per heavy atom. The molecule has 1 N–H and O–H groups in total. The Hall–Kier alpha value is -1.40. The van der Waals surface area contributed by atoms with Crippen molar-refractivity contribution in [2.24, 2.45) is 0 Å². The number of carbonyl (C=O) groups is 1. The Kier molecular flexibility index (Phi) is 6.70. The number of carbonyl (C=O) groups excluding carboxylic acids is 1. The third kappa shape index (κ3) is 4.65. The normalized spacial score (nSPS) is 18.4. The van der Waals surface area contributed by atoms with Gasteiger partial charge in [0.2, 0.25) is 0 Å². The van der Waals surface area contributed by atoms with Crippen molar-refractivity contribution in [3.05, 3.63) is 57.2 Å². The fourth-order valence-electron chi connectivity index (χ4n) is 3.56. The van der Waals surface area contributed by atoms with Crippen LogP contribution in [0, 0.1) is 0 Å². The molecule has 1 fully saturated rings. The summed E-state index contributed by atoms with van der Waals surface area (Å²) in [6.07, 6.45) is 0. The minimum absolute atomic E-state index is 0.00769. The van der Waals surface area contributed by atoms with Crippen LogP contribution in [-0.4, -0.2) is 54.5 Å². The van der Waals surface area contributed by atoms with Crippen LogP contribution < -0.4 is 5.32 Å². The van der Waals surface area contributed by atoms with E-state index in [2.05, 4.69) is 46.5 Å². The van der Waals surface area contributed by atoms with Crippen LogP contribution in [0.4, 0.5) is 0 Å². The molecular weight excluding hydrogens is 366 g/mol. The molecule has 2 heterocycles. The Labute approximate surface area is 164 Å². The molecule has 4 nitrogen and oxygen atoms in total. The van der Waals surface area contributed by atoms with Crippen molar-refractivity contribution in [2.45, 2.75) is 25.9 Å². The second-order valence-corrected chi connectivity index (χ2v) is 8.12. The maximum absolute atomic E-state index is 12.7. The summed E-state index contributed by atoms with van der Waals surface area (Å²) < 4.78 is 0. The molecule has 0 unspecified atom stereocenters. The van der Waals surface area contributed by atoms with Crippen LogP contribution in [0.3, 0.4) is 0 Å². The van der Waals surface area contributed by atoms with Gasteiger partial charge in [-0.1, -0.05) is 30.7 Å². The number of halogens is 1. The van der Waals surface area contributed by atoms with Crippen LogP contribution in [0.5, 0.6) is 0 Å². The first-order valence-electron chi connectivity index (χ1n) is 9.14. The Bertz CT molecular complexity index is 714. The summed E-state index contributed by atoms with van der Waals surface area (Å²) in [5.41, 5.74) is 0.602. The van der Waals surface area contributed by atoms with Crippen molar-refractivity contribution < 1.29 is 4.79 Å². The SMILES string of the molecule is CCN1CCN([C@@H](c2cccs2)[C@H](C)NC(=O)c2cccc(Cl)c2)CC1. The van der Waals surface area contributed by atoms with E-state index in [1.807, 2.05) is 6.07 Å². The summed E-state index contributed by atoms with van der Waals surface area (Å²) in [5, 5.41) is 5.87. The molecule has 0 aliphatic carbocycles. The number of piperazine rings is 1. The summed E-state index contributed by atoms with van der Waals surface area (Å²) in [6, 6.07) is 11.6. The van der Waals surface area contributed by atoms with Gasteiger partial charge in [-0.25, -0.2) is 0 Å². The molecular formula is C20H26ClN3OS. The molecule has 26 heavy (non-hydrogen) atoms. The average molecular weight is 392 g/mol. The molecule has 3 rings (SSSR count). The van der Waals surface area contributed by atoms with E-state index in [0.717, 1.165) is 32.7 Å². The smallest absolute Gasteiger partial charge is 0.251 e. The van der Waals surface area contributed by atoms with Crippen molar-refractivity contribution in [3.63, 3.8) is 0 Å². The van der Waals surface area contributed by atoms with Crippen LogP contribution in [0.2, 0.25) is 5.02 Å². The Balaban J connectivity index is 1.73. The van der Waals surface area contributed by atoms with Gasteiger partial charge >= 0.3 is 0 Å². The molecule has 1 aliphatic heterocycles. The standard InChI is InChI=1S/C20H26ClN3OS/c1-3-23-9-11-24(12-10-23)19(18-8-5-13-26-18)15(2)22-20(25)16-6-4-7-17(21)14-16/h4-8,13-15,19H,3,9-12H2,1-2H3,(H,22,25)/t15-,19+/m0/s1. The zero-order valence-corrected chi connectivity index (χ0v) is 16.9. The van der Waals surface area contributed by atoms with E-state index >= 15 is 0 Å². The van der Waals surface area contributed by atoms with Gasteiger partial charge < -0.3 is 10.2 Å². The monoisotopic (exact) mass is 391 g/mol. The van der Waals surface area contributed by atoms with Crippen molar-refractivity contribution in [1.82, 2.24) is 15.1 Å². The molecule has 0 bridgehead atoms. The number of nitrogens with one attached hydrogen (secondary N) is 1. The molecule has 0 radical (unpaired) electrons. The van der Waals surface area contributed by atoms with E-state index in [4.69, 9.17) is 11.6 Å². The van der Waals surface area contributed by atoms with E-state index in [1.54, 1.807) is 29.5 Å². The van der Waals surface area contributed by atoms with Crippen molar-refractivity contribution in [2.75, 3.05) is 32.7 Å². The molecule has 1 aliphatic rings. The third-order valence-electron chi connectivity index (χ3n) is 5.00. The lowest BCUT2D eigenvalue weighted by atomic mass is 10.0. The fourth-order valence-corrected chi connectivity index (χ4v) is 4.71. The van der Waals surface area contributed by atoms with Crippen LogP contribution in [0.25, 0.3) is 0 Å². The molecule has 1 aromatic carbocycles. The number of hydrogen-bond acceptors (Lipinski definition) is 4. The van der Waals surface area contributed by atoms with Crippen molar-refractivity contribution in [1.29, 1.82) is 0 Å². The predicted octanol–water partition coefficient (Wildman–Crippen LogP) is 3.90. The average Bonchev–Trinajstić information content (AvgIpc) is 3.16. The van der Waals surface area contributed by atoms with Gasteiger partial charge in [0, 0.05) is 47.7 Å². The fraction of sp³-hybridized carbons (Fsp3) is 0.450. The minimum Gasteiger partial charge on any atom is -0.348 e. The minimum atomic E-state index is -0.0752. The summed E-state index contributed by atoms with van der Waals surface area (Å²) in [4.78, 5) is 18.9. The zero-order chi connectivity index (χ0) is 18.5. The zero-order valence-electron chi connectivity index (χ0n) is 15.3. The van der Waals surface area contributed by atoms with Gasteiger partial charge in [0.1, 0.15) is 0 Å². The highest BCUT2D eigenvalue weighted by atomic mass is 35.5. The van der Waals surface area contributed by atoms with Crippen LogP contribution in [-0.2, 0) is 0 Å². The maximum atomic E-state index is 12.7. The topological polar surface area (TPSA) is 35.6 Å². The number of hydrogen-bond donors (Lipinski definition) is 1. The second-order valence-electron chi connectivity index (χ2n) is 6.70. The summed E-state index contributed by atoms with van der Waals surface area (Å²) in [5.74, 6) is -0.0752. The van der Waals surface area contributed by atoms with Gasteiger partial charge in [-0.05, 0) is 43.1 Å². The predicted molar refractivity (Wildman–Crippen MR) is 109 cm³/mol. The van der Waals surface area contributed by atoms with Crippen LogP contribution in [0.15, 0.2) is 41.8 Å². The molecule has 1 aromatic heterocycles. The highest BCUT2D eigenvalue weighted by Gasteiger charge is 2.30. The van der Waals surface area contributed by atoms with Gasteiger partial charge in [-0.2, -0.15) is 0 Å². The number of nitrogens with zero attached hydrogens (tertiary/aromatic N) is 2. The van der Waals surface area contributed by atoms with Crippen molar-refractivity contribution >= 4 is 28.8 Å². The van der Waals surface area contributed by atoms with Gasteiger partial charge in [0.05, 0.1) is 6.04 Å². The van der Waals surface area contributed by atoms with E-state index in [1.165, 1.54) is 4.88 Å². The summed E-state index contributed by atoms with van der Waals surface area (Å²) >= 11 is 7.78. The molecule has 2 atom stereocenters. The number of rotatable bonds is 6. The molecule has 140 valence electrons. The molecule has 0 spiro atoms. The maximum Gasteiger partial charge on any atom is 0.251 e. The molecule has 1 saturated heterocycles. The lowest BCUT2D eigenvalue weighted by molar-refractivity contribution is 0.0753. The Morgan fingerprint density at radius 1 is 1.23 bits per heavy atom. The van der Waals surface area contributed by atoms with Crippen LogP contribution in [0.1, 0.15) is 35.1 Å². The molecule has 2 aromatic rings. The van der Waals surface area contributed by atoms with Crippen molar-refractivity contribution in [3.8, 4) is 0 Å². The number of amides is 1. The first-order valence-corrected chi connectivity index (χ1v) is 10.4.